The van der Waals surface area contributed by atoms with Crippen molar-refractivity contribution < 1.29 is 5.11 Å². The van der Waals surface area contributed by atoms with Crippen LogP contribution in [0.15, 0.2) is 24.3 Å². The van der Waals surface area contributed by atoms with Crippen LogP contribution in [0.25, 0.3) is 0 Å². The van der Waals surface area contributed by atoms with Crippen LogP contribution in [0.1, 0.15) is 51.0 Å². The van der Waals surface area contributed by atoms with E-state index in [0.29, 0.717) is 17.3 Å². The number of hydrogen-bond acceptors (Lipinski definition) is 3. The molecule has 116 valence electrons. The molecule has 0 amide bonds. The SMILES string of the molecule is CCC1CN(Cc2cccc(O)c2)C2(CCCCC2)CN1. The van der Waals surface area contributed by atoms with E-state index in [9.17, 15) is 5.11 Å². The molecule has 1 heterocycles. The number of hydrogen-bond donors (Lipinski definition) is 2. The van der Waals surface area contributed by atoms with E-state index in [1.54, 1.807) is 6.07 Å². The highest BCUT2D eigenvalue weighted by Crippen LogP contribution is 2.36. The first-order valence-electron chi connectivity index (χ1n) is 8.48. The van der Waals surface area contributed by atoms with Crippen LogP contribution in [-0.2, 0) is 6.54 Å². The third-order valence-corrected chi connectivity index (χ3v) is 5.39. The Morgan fingerprint density at radius 3 is 2.81 bits per heavy atom. The van der Waals surface area contributed by atoms with Gasteiger partial charge in [0.05, 0.1) is 0 Å². The van der Waals surface area contributed by atoms with E-state index >= 15 is 0 Å². The van der Waals surface area contributed by atoms with Crippen molar-refractivity contribution >= 4 is 0 Å². The van der Waals surface area contributed by atoms with Gasteiger partial charge in [0, 0.05) is 31.2 Å². The number of aromatic hydroxyl groups is 1. The number of rotatable bonds is 3. The van der Waals surface area contributed by atoms with Crippen LogP contribution >= 0.6 is 0 Å². The molecule has 3 heteroatoms. The molecule has 0 radical (unpaired) electrons. The van der Waals surface area contributed by atoms with Gasteiger partial charge in [0.2, 0.25) is 0 Å². The summed E-state index contributed by atoms with van der Waals surface area (Å²) in [7, 11) is 0. The van der Waals surface area contributed by atoms with Crippen molar-refractivity contribution in [1.29, 1.82) is 0 Å². The van der Waals surface area contributed by atoms with Crippen LogP contribution in [0.2, 0.25) is 0 Å². The molecular formula is C18H28N2O. The van der Waals surface area contributed by atoms with E-state index in [0.717, 1.165) is 19.6 Å². The van der Waals surface area contributed by atoms with Crippen LogP contribution in [0, 0.1) is 0 Å². The molecule has 1 aromatic rings. The number of nitrogens with zero attached hydrogens (tertiary/aromatic N) is 1. The lowest BCUT2D eigenvalue weighted by Crippen LogP contribution is -2.64. The average molecular weight is 288 g/mol. The van der Waals surface area contributed by atoms with Gasteiger partial charge in [-0.1, -0.05) is 38.3 Å². The van der Waals surface area contributed by atoms with Crippen molar-refractivity contribution in [2.45, 2.75) is 63.6 Å². The Labute approximate surface area is 128 Å². The minimum absolute atomic E-state index is 0.343. The molecule has 0 aromatic heterocycles. The Hall–Kier alpha value is -1.06. The van der Waals surface area contributed by atoms with Gasteiger partial charge in [-0.25, -0.2) is 0 Å². The molecule has 2 N–H and O–H groups in total. The van der Waals surface area contributed by atoms with E-state index in [-0.39, 0.29) is 0 Å². The maximum absolute atomic E-state index is 9.71. The van der Waals surface area contributed by atoms with Crippen molar-refractivity contribution in [3.63, 3.8) is 0 Å². The second-order valence-corrected chi connectivity index (χ2v) is 6.82. The van der Waals surface area contributed by atoms with Gasteiger partial charge in [0.25, 0.3) is 0 Å². The monoisotopic (exact) mass is 288 g/mol. The number of piperazine rings is 1. The zero-order valence-corrected chi connectivity index (χ0v) is 13.1. The summed E-state index contributed by atoms with van der Waals surface area (Å²) < 4.78 is 0. The summed E-state index contributed by atoms with van der Waals surface area (Å²) in [6.07, 6.45) is 7.92. The van der Waals surface area contributed by atoms with Gasteiger partial charge in [-0.15, -0.1) is 0 Å². The summed E-state index contributed by atoms with van der Waals surface area (Å²) in [6, 6.07) is 8.37. The summed E-state index contributed by atoms with van der Waals surface area (Å²) in [5.41, 5.74) is 1.58. The fraction of sp³-hybridized carbons (Fsp3) is 0.667. The number of nitrogens with one attached hydrogen (secondary N) is 1. The molecule has 1 saturated carbocycles. The first-order chi connectivity index (χ1) is 10.2. The lowest BCUT2D eigenvalue weighted by Gasteiger charge is -2.52. The highest BCUT2D eigenvalue weighted by molar-refractivity contribution is 5.27. The molecule has 0 bridgehead atoms. The van der Waals surface area contributed by atoms with Gasteiger partial charge < -0.3 is 10.4 Å². The number of phenolic OH excluding ortho intramolecular Hbond substituents is 1. The average Bonchev–Trinajstić information content (AvgIpc) is 2.51. The van der Waals surface area contributed by atoms with Crippen molar-refractivity contribution in [2.24, 2.45) is 0 Å². The fourth-order valence-electron chi connectivity index (χ4n) is 4.05. The molecule has 3 nitrogen and oxygen atoms in total. The highest BCUT2D eigenvalue weighted by Gasteiger charge is 2.41. The fourth-order valence-corrected chi connectivity index (χ4v) is 4.05. The molecule has 1 aliphatic carbocycles. The lowest BCUT2D eigenvalue weighted by atomic mass is 9.78. The topological polar surface area (TPSA) is 35.5 Å². The first kappa shape index (κ1) is 14.9. The second kappa shape index (κ2) is 6.37. The second-order valence-electron chi connectivity index (χ2n) is 6.82. The Morgan fingerprint density at radius 2 is 2.10 bits per heavy atom. The quantitative estimate of drug-likeness (QED) is 0.896. The van der Waals surface area contributed by atoms with Crippen molar-refractivity contribution in [1.82, 2.24) is 10.2 Å². The zero-order valence-electron chi connectivity index (χ0n) is 13.1. The van der Waals surface area contributed by atoms with E-state index in [2.05, 4.69) is 23.2 Å². The van der Waals surface area contributed by atoms with Crippen LogP contribution in [-0.4, -0.2) is 34.7 Å². The Morgan fingerprint density at radius 1 is 1.29 bits per heavy atom. The molecule has 2 fully saturated rings. The van der Waals surface area contributed by atoms with Gasteiger partial charge in [0.15, 0.2) is 0 Å². The molecule has 1 aromatic carbocycles. The standard InChI is InChI=1S/C18H28N2O/c1-2-16-13-20(12-15-7-6-8-17(21)11-15)18(14-19-16)9-4-3-5-10-18/h6-8,11,16,19,21H,2-5,9-10,12-14H2,1H3. The molecule has 3 rings (SSSR count). The molecular weight excluding hydrogens is 260 g/mol. The number of benzene rings is 1. The van der Waals surface area contributed by atoms with Gasteiger partial charge in [0.1, 0.15) is 5.75 Å². The van der Waals surface area contributed by atoms with E-state index in [4.69, 9.17) is 0 Å². The van der Waals surface area contributed by atoms with Gasteiger partial charge in [-0.2, -0.15) is 0 Å². The summed E-state index contributed by atoms with van der Waals surface area (Å²) >= 11 is 0. The minimum atomic E-state index is 0.343. The van der Waals surface area contributed by atoms with Crippen molar-refractivity contribution in [2.75, 3.05) is 13.1 Å². The smallest absolute Gasteiger partial charge is 0.115 e. The van der Waals surface area contributed by atoms with Crippen LogP contribution in [0.4, 0.5) is 0 Å². The van der Waals surface area contributed by atoms with E-state index in [1.807, 2.05) is 12.1 Å². The molecule has 21 heavy (non-hydrogen) atoms. The first-order valence-corrected chi connectivity index (χ1v) is 8.48. The maximum Gasteiger partial charge on any atom is 0.115 e. The summed E-state index contributed by atoms with van der Waals surface area (Å²) in [5, 5.41) is 13.5. The summed E-state index contributed by atoms with van der Waals surface area (Å²) in [6.45, 7) is 5.49. The molecule has 1 unspecified atom stereocenters. The largest absolute Gasteiger partial charge is 0.508 e. The van der Waals surface area contributed by atoms with Crippen LogP contribution in [0.5, 0.6) is 5.75 Å². The van der Waals surface area contributed by atoms with Gasteiger partial charge in [-0.3, -0.25) is 4.90 Å². The Bertz CT molecular complexity index is 468. The summed E-state index contributed by atoms with van der Waals surface area (Å²) in [4.78, 5) is 2.70. The molecule has 1 aliphatic heterocycles. The third-order valence-electron chi connectivity index (χ3n) is 5.39. The Balaban J connectivity index is 1.79. The van der Waals surface area contributed by atoms with Crippen molar-refractivity contribution in [3.05, 3.63) is 29.8 Å². The predicted octanol–water partition coefficient (Wildman–Crippen LogP) is 3.28. The predicted molar refractivity (Wildman–Crippen MR) is 86.4 cm³/mol. The number of phenols is 1. The van der Waals surface area contributed by atoms with Crippen LogP contribution in [0.3, 0.4) is 0 Å². The maximum atomic E-state index is 9.71. The zero-order chi connectivity index (χ0) is 14.7. The Kier molecular flexibility index (Phi) is 4.51. The molecule has 1 saturated heterocycles. The van der Waals surface area contributed by atoms with Crippen LogP contribution < -0.4 is 5.32 Å². The normalized spacial score (nSPS) is 26.0. The van der Waals surface area contributed by atoms with Gasteiger partial charge >= 0.3 is 0 Å². The third kappa shape index (κ3) is 3.24. The highest BCUT2D eigenvalue weighted by atomic mass is 16.3. The molecule has 2 aliphatic rings. The van der Waals surface area contributed by atoms with E-state index in [1.165, 1.54) is 44.1 Å². The van der Waals surface area contributed by atoms with Gasteiger partial charge in [-0.05, 0) is 37.0 Å². The molecule has 1 spiro atoms. The summed E-state index contributed by atoms with van der Waals surface area (Å²) in [5.74, 6) is 0.382. The lowest BCUT2D eigenvalue weighted by molar-refractivity contribution is 0.00270. The van der Waals surface area contributed by atoms with E-state index < -0.39 is 0 Å². The molecule has 1 atom stereocenters. The van der Waals surface area contributed by atoms with Crippen molar-refractivity contribution in [3.8, 4) is 5.75 Å². The minimum Gasteiger partial charge on any atom is -0.508 e.